The average molecular weight is 365 g/mol. The van der Waals surface area contributed by atoms with Crippen LogP contribution in [0.25, 0.3) is 0 Å². The van der Waals surface area contributed by atoms with E-state index in [4.69, 9.17) is 21.1 Å². The minimum absolute atomic E-state index is 0.206. The zero-order chi connectivity index (χ0) is 16.9. The number of thioether (sulfide) groups is 1. The number of nitrogens with zero attached hydrogens (tertiary/aromatic N) is 1. The first-order valence-corrected chi connectivity index (χ1v) is 9.04. The molecule has 3 rings (SSSR count). The highest BCUT2D eigenvalue weighted by molar-refractivity contribution is 7.99. The lowest BCUT2D eigenvalue weighted by Crippen LogP contribution is -2.16. The van der Waals surface area contributed by atoms with Crippen molar-refractivity contribution in [2.75, 3.05) is 23.9 Å². The Balaban J connectivity index is 1.67. The number of amides is 1. The highest BCUT2D eigenvalue weighted by Gasteiger charge is 2.18. The minimum atomic E-state index is -0.286. The Morgan fingerprint density at radius 2 is 2.25 bits per heavy atom. The molecule has 2 heterocycles. The average Bonchev–Trinajstić information content (AvgIpc) is 3.09. The number of hydrogen-bond acceptors (Lipinski definition) is 5. The van der Waals surface area contributed by atoms with Crippen molar-refractivity contribution in [2.45, 2.75) is 12.5 Å². The van der Waals surface area contributed by atoms with Gasteiger partial charge in [-0.1, -0.05) is 11.6 Å². The van der Waals surface area contributed by atoms with Gasteiger partial charge in [0.05, 0.1) is 18.4 Å². The van der Waals surface area contributed by atoms with Crippen LogP contribution in [-0.2, 0) is 0 Å². The second kappa shape index (κ2) is 7.77. The van der Waals surface area contributed by atoms with E-state index < -0.39 is 0 Å². The first-order valence-electron chi connectivity index (χ1n) is 7.51. The molecule has 126 valence electrons. The molecule has 1 N–H and O–H groups in total. The van der Waals surface area contributed by atoms with Crippen molar-refractivity contribution in [3.63, 3.8) is 0 Å². The van der Waals surface area contributed by atoms with Crippen LogP contribution in [0.4, 0.5) is 5.69 Å². The second-order valence-electron chi connectivity index (χ2n) is 5.29. The van der Waals surface area contributed by atoms with Crippen molar-refractivity contribution in [1.29, 1.82) is 0 Å². The number of carbonyl (C=O) groups excluding carboxylic acids is 1. The predicted octanol–water partition coefficient (Wildman–Crippen LogP) is 3.88. The monoisotopic (exact) mass is 364 g/mol. The molecule has 0 spiro atoms. The van der Waals surface area contributed by atoms with E-state index >= 15 is 0 Å². The van der Waals surface area contributed by atoms with E-state index in [9.17, 15) is 4.79 Å². The van der Waals surface area contributed by atoms with Gasteiger partial charge in [0.2, 0.25) is 5.88 Å². The van der Waals surface area contributed by atoms with Crippen LogP contribution in [0.3, 0.4) is 0 Å². The van der Waals surface area contributed by atoms with E-state index in [1.165, 1.54) is 13.3 Å². The summed E-state index contributed by atoms with van der Waals surface area (Å²) in [7, 11) is 1.54. The molecule has 0 aliphatic carbocycles. The summed E-state index contributed by atoms with van der Waals surface area (Å²) in [5.41, 5.74) is 0.948. The van der Waals surface area contributed by atoms with Crippen LogP contribution in [0, 0.1) is 0 Å². The highest BCUT2D eigenvalue weighted by Crippen LogP contribution is 2.28. The van der Waals surface area contributed by atoms with Gasteiger partial charge in [-0.2, -0.15) is 11.8 Å². The summed E-state index contributed by atoms with van der Waals surface area (Å²) in [5, 5.41) is 3.29. The maximum atomic E-state index is 12.4. The fraction of sp³-hybridized carbons (Fsp3) is 0.294. The summed E-state index contributed by atoms with van der Waals surface area (Å²) >= 11 is 7.84. The molecule has 1 aromatic carbocycles. The third-order valence-corrected chi connectivity index (χ3v) is 4.95. The van der Waals surface area contributed by atoms with Crippen molar-refractivity contribution < 1.29 is 14.3 Å². The molecular weight excluding hydrogens is 348 g/mol. The number of benzene rings is 1. The molecule has 5 nitrogen and oxygen atoms in total. The van der Waals surface area contributed by atoms with E-state index in [0.717, 1.165) is 17.9 Å². The van der Waals surface area contributed by atoms with Crippen LogP contribution in [0.1, 0.15) is 16.8 Å². The molecule has 7 heteroatoms. The Kier molecular flexibility index (Phi) is 5.48. The lowest BCUT2D eigenvalue weighted by Gasteiger charge is -2.12. The van der Waals surface area contributed by atoms with E-state index in [2.05, 4.69) is 10.3 Å². The number of anilines is 1. The van der Waals surface area contributed by atoms with Gasteiger partial charge in [-0.25, -0.2) is 4.98 Å². The van der Waals surface area contributed by atoms with Crippen LogP contribution < -0.4 is 14.8 Å². The molecule has 24 heavy (non-hydrogen) atoms. The molecule has 1 saturated heterocycles. The number of hydrogen-bond donors (Lipinski definition) is 1. The van der Waals surface area contributed by atoms with E-state index in [1.54, 1.807) is 30.3 Å². The molecule has 0 bridgehead atoms. The highest BCUT2D eigenvalue weighted by atomic mass is 35.5. The zero-order valence-electron chi connectivity index (χ0n) is 13.1. The lowest BCUT2D eigenvalue weighted by molar-refractivity contribution is 0.102. The van der Waals surface area contributed by atoms with E-state index in [-0.39, 0.29) is 12.0 Å². The van der Waals surface area contributed by atoms with Gasteiger partial charge in [-0.05, 0) is 36.4 Å². The zero-order valence-corrected chi connectivity index (χ0v) is 14.7. The second-order valence-corrected chi connectivity index (χ2v) is 6.87. The maximum absolute atomic E-state index is 12.4. The largest absolute Gasteiger partial charge is 0.495 e. The molecule has 0 radical (unpaired) electrons. The van der Waals surface area contributed by atoms with Gasteiger partial charge in [0.25, 0.3) is 5.91 Å². The van der Waals surface area contributed by atoms with Crippen molar-refractivity contribution >= 4 is 35.0 Å². The molecular formula is C17H17ClN2O3S. The standard InChI is InChI=1S/C17H17ClN2O3S/c1-22-15-4-3-12(18)8-14(15)20-17(21)11-2-5-16(19-9-11)23-13-6-7-24-10-13/h2-5,8-9,13H,6-7,10H2,1H3,(H,20,21). The number of rotatable bonds is 5. The van der Waals surface area contributed by atoms with E-state index in [0.29, 0.717) is 27.9 Å². The number of carbonyl (C=O) groups is 1. The number of aromatic nitrogens is 1. The van der Waals surface area contributed by atoms with Crippen molar-refractivity contribution in [3.8, 4) is 11.6 Å². The molecule has 1 atom stereocenters. The number of nitrogens with one attached hydrogen (secondary N) is 1. The van der Waals surface area contributed by atoms with Gasteiger partial charge in [0, 0.05) is 23.0 Å². The summed E-state index contributed by atoms with van der Waals surface area (Å²) in [5.74, 6) is 2.90. The number of pyridine rings is 1. The van der Waals surface area contributed by atoms with Crippen molar-refractivity contribution in [3.05, 3.63) is 47.1 Å². The molecule has 2 aromatic rings. The van der Waals surface area contributed by atoms with Gasteiger partial charge in [-0.3, -0.25) is 4.79 Å². The van der Waals surface area contributed by atoms with Crippen LogP contribution >= 0.6 is 23.4 Å². The summed E-state index contributed by atoms with van der Waals surface area (Å²) in [4.78, 5) is 16.6. The van der Waals surface area contributed by atoms with Crippen LogP contribution in [0.5, 0.6) is 11.6 Å². The van der Waals surface area contributed by atoms with Crippen LogP contribution in [0.2, 0.25) is 5.02 Å². The summed E-state index contributed by atoms with van der Waals surface area (Å²) in [6.45, 7) is 0. The van der Waals surface area contributed by atoms with Crippen molar-refractivity contribution in [2.24, 2.45) is 0 Å². The number of methoxy groups -OCH3 is 1. The van der Waals surface area contributed by atoms with Gasteiger partial charge in [0.1, 0.15) is 11.9 Å². The Hall–Kier alpha value is -1.92. The lowest BCUT2D eigenvalue weighted by atomic mass is 10.2. The first kappa shape index (κ1) is 16.9. The summed E-state index contributed by atoms with van der Waals surface area (Å²) in [6, 6.07) is 8.45. The molecule has 1 aliphatic rings. The van der Waals surface area contributed by atoms with E-state index in [1.807, 2.05) is 11.8 Å². The molecule has 1 aliphatic heterocycles. The predicted molar refractivity (Wildman–Crippen MR) is 96.6 cm³/mol. The Bertz CT molecular complexity index is 718. The SMILES string of the molecule is COc1ccc(Cl)cc1NC(=O)c1ccc(OC2CCSC2)nc1. The summed E-state index contributed by atoms with van der Waals surface area (Å²) in [6.07, 6.45) is 2.74. The normalized spacial score (nSPS) is 16.7. The summed E-state index contributed by atoms with van der Waals surface area (Å²) < 4.78 is 11.0. The number of halogens is 1. The fourth-order valence-electron chi connectivity index (χ4n) is 2.33. The minimum Gasteiger partial charge on any atom is -0.495 e. The quantitative estimate of drug-likeness (QED) is 0.872. The third-order valence-electron chi connectivity index (χ3n) is 3.58. The smallest absolute Gasteiger partial charge is 0.257 e. The Morgan fingerprint density at radius 1 is 1.38 bits per heavy atom. The first-order chi connectivity index (χ1) is 11.7. The van der Waals surface area contributed by atoms with Gasteiger partial charge < -0.3 is 14.8 Å². The fourth-order valence-corrected chi connectivity index (χ4v) is 3.60. The van der Waals surface area contributed by atoms with Crippen molar-refractivity contribution in [1.82, 2.24) is 4.98 Å². The molecule has 1 aromatic heterocycles. The Morgan fingerprint density at radius 3 is 2.92 bits per heavy atom. The maximum Gasteiger partial charge on any atom is 0.257 e. The molecule has 1 fully saturated rings. The number of ether oxygens (including phenoxy) is 2. The molecule has 0 saturated carbocycles. The van der Waals surface area contributed by atoms with Crippen LogP contribution in [0.15, 0.2) is 36.5 Å². The molecule has 1 unspecified atom stereocenters. The Labute approximate surface area is 149 Å². The molecule has 1 amide bonds. The topological polar surface area (TPSA) is 60.5 Å². The van der Waals surface area contributed by atoms with Crippen LogP contribution in [-0.4, -0.2) is 35.6 Å². The third kappa shape index (κ3) is 4.13. The van der Waals surface area contributed by atoms with Gasteiger partial charge in [-0.15, -0.1) is 0 Å². The van der Waals surface area contributed by atoms with Gasteiger partial charge in [0.15, 0.2) is 0 Å². The van der Waals surface area contributed by atoms with Gasteiger partial charge >= 0.3 is 0 Å².